The highest BCUT2D eigenvalue weighted by molar-refractivity contribution is 5.94. The van der Waals surface area contributed by atoms with E-state index in [1.807, 2.05) is 24.3 Å². The SMILES string of the molecule is C=C(NC1CCC1)N1Cc2nc(-c3n[nH]c4cc(-c5cc(F)ccc5CC)ccc34)[nH]c2C1. The average molecular weight is 443 g/mol. The van der Waals surface area contributed by atoms with E-state index >= 15 is 0 Å². The second-order valence-corrected chi connectivity index (χ2v) is 9.07. The Labute approximate surface area is 191 Å². The molecule has 168 valence electrons. The van der Waals surface area contributed by atoms with E-state index in [1.165, 1.54) is 25.3 Å². The van der Waals surface area contributed by atoms with Gasteiger partial charge < -0.3 is 15.2 Å². The highest BCUT2D eigenvalue weighted by Crippen LogP contribution is 2.33. The molecule has 1 aliphatic heterocycles. The van der Waals surface area contributed by atoms with Crippen molar-refractivity contribution in [2.24, 2.45) is 0 Å². The lowest BCUT2D eigenvalue weighted by atomic mass is 9.93. The molecule has 0 saturated heterocycles. The number of aromatic amines is 2. The number of rotatable bonds is 6. The molecule has 2 aliphatic rings. The number of nitrogens with zero attached hydrogens (tertiary/aromatic N) is 3. The largest absolute Gasteiger partial charge is 0.369 e. The van der Waals surface area contributed by atoms with Gasteiger partial charge in [0.1, 0.15) is 11.5 Å². The van der Waals surface area contributed by atoms with Crippen LogP contribution in [-0.2, 0) is 19.5 Å². The van der Waals surface area contributed by atoms with Gasteiger partial charge in [-0.3, -0.25) is 5.10 Å². The number of aromatic nitrogens is 4. The minimum atomic E-state index is -0.225. The van der Waals surface area contributed by atoms with Gasteiger partial charge in [0.25, 0.3) is 0 Å². The highest BCUT2D eigenvalue weighted by atomic mass is 19.1. The van der Waals surface area contributed by atoms with Crippen molar-refractivity contribution < 1.29 is 4.39 Å². The molecule has 0 radical (unpaired) electrons. The summed E-state index contributed by atoms with van der Waals surface area (Å²) in [7, 11) is 0. The molecule has 1 saturated carbocycles. The van der Waals surface area contributed by atoms with E-state index in [1.54, 1.807) is 6.07 Å². The molecule has 33 heavy (non-hydrogen) atoms. The van der Waals surface area contributed by atoms with E-state index in [-0.39, 0.29) is 5.82 Å². The smallest absolute Gasteiger partial charge is 0.159 e. The first-order valence-corrected chi connectivity index (χ1v) is 11.6. The Bertz CT molecular complexity index is 1340. The Balaban J connectivity index is 1.26. The summed E-state index contributed by atoms with van der Waals surface area (Å²) < 4.78 is 13.9. The molecule has 1 fully saturated rings. The molecule has 4 aromatic rings. The molecule has 3 N–H and O–H groups in total. The zero-order chi connectivity index (χ0) is 22.5. The van der Waals surface area contributed by atoms with Crippen molar-refractivity contribution in [1.29, 1.82) is 0 Å². The van der Waals surface area contributed by atoms with Crippen LogP contribution >= 0.6 is 0 Å². The number of hydrogen-bond donors (Lipinski definition) is 3. The second-order valence-electron chi connectivity index (χ2n) is 9.07. The van der Waals surface area contributed by atoms with Gasteiger partial charge in [-0.05, 0) is 66.6 Å². The quantitative estimate of drug-likeness (QED) is 0.381. The number of aryl methyl sites for hydroxylation is 1. The third-order valence-corrected chi connectivity index (χ3v) is 6.96. The Kier molecular flexibility index (Phi) is 4.71. The summed E-state index contributed by atoms with van der Waals surface area (Å²) >= 11 is 0. The van der Waals surface area contributed by atoms with E-state index < -0.39 is 0 Å². The van der Waals surface area contributed by atoms with Crippen LogP contribution in [0.1, 0.15) is 43.1 Å². The molecule has 2 aromatic heterocycles. The fourth-order valence-corrected chi connectivity index (χ4v) is 4.81. The van der Waals surface area contributed by atoms with Gasteiger partial charge >= 0.3 is 0 Å². The lowest BCUT2D eigenvalue weighted by Crippen LogP contribution is -2.39. The van der Waals surface area contributed by atoms with Gasteiger partial charge in [-0.2, -0.15) is 5.10 Å². The van der Waals surface area contributed by atoms with Crippen molar-refractivity contribution in [2.45, 2.75) is 51.7 Å². The molecule has 0 bridgehead atoms. The van der Waals surface area contributed by atoms with Gasteiger partial charge in [0.2, 0.25) is 0 Å². The molecule has 2 aromatic carbocycles. The Morgan fingerprint density at radius 3 is 2.85 bits per heavy atom. The Morgan fingerprint density at radius 1 is 1.21 bits per heavy atom. The molecule has 1 aliphatic carbocycles. The highest BCUT2D eigenvalue weighted by Gasteiger charge is 2.27. The Morgan fingerprint density at radius 2 is 2.09 bits per heavy atom. The Hall–Kier alpha value is -3.61. The van der Waals surface area contributed by atoms with Crippen molar-refractivity contribution in [3.63, 3.8) is 0 Å². The fraction of sp³-hybridized carbons (Fsp3) is 0.308. The summed E-state index contributed by atoms with van der Waals surface area (Å²) in [5.74, 6) is 1.53. The van der Waals surface area contributed by atoms with Crippen LogP contribution in [0.5, 0.6) is 0 Å². The number of imidazole rings is 1. The maximum absolute atomic E-state index is 13.9. The molecule has 6 nitrogen and oxygen atoms in total. The molecule has 0 spiro atoms. The van der Waals surface area contributed by atoms with Crippen LogP contribution in [0.2, 0.25) is 0 Å². The standard InChI is InChI=1S/C26H27FN6/c1-3-16-7-9-18(27)12-21(16)17-8-10-20-22(11-17)31-32-25(20)26-29-23-13-33(14-24(23)30-26)15(2)28-19-5-4-6-19/h7-12,19,28H,2-6,13-14H2,1H3,(H,29,30)(H,31,32). The molecular weight excluding hydrogens is 415 g/mol. The van der Waals surface area contributed by atoms with E-state index in [0.717, 1.165) is 75.8 Å². The molecule has 3 heterocycles. The summed E-state index contributed by atoms with van der Waals surface area (Å²) in [6.07, 6.45) is 4.61. The maximum atomic E-state index is 13.9. The monoisotopic (exact) mass is 442 g/mol. The molecule has 6 rings (SSSR count). The van der Waals surface area contributed by atoms with Crippen LogP contribution in [0.25, 0.3) is 33.5 Å². The lowest BCUT2D eigenvalue weighted by molar-refractivity contribution is 0.278. The third kappa shape index (κ3) is 3.48. The second kappa shape index (κ2) is 7.76. The van der Waals surface area contributed by atoms with Gasteiger partial charge in [0, 0.05) is 11.4 Å². The van der Waals surface area contributed by atoms with Crippen LogP contribution in [-0.4, -0.2) is 31.1 Å². The minimum Gasteiger partial charge on any atom is -0.369 e. The summed E-state index contributed by atoms with van der Waals surface area (Å²) in [4.78, 5) is 10.6. The van der Waals surface area contributed by atoms with Gasteiger partial charge in [-0.25, -0.2) is 9.37 Å². The van der Waals surface area contributed by atoms with Gasteiger partial charge in [0.15, 0.2) is 5.82 Å². The first kappa shape index (κ1) is 20.0. The van der Waals surface area contributed by atoms with Gasteiger partial charge in [-0.1, -0.05) is 25.6 Å². The summed E-state index contributed by atoms with van der Waals surface area (Å²) in [5, 5.41) is 12.2. The first-order valence-electron chi connectivity index (χ1n) is 11.6. The van der Waals surface area contributed by atoms with Crippen molar-refractivity contribution in [3.8, 4) is 22.6 Å². The zero-order valence-corrected chi connectivity index (χ0v) is 18.7. The van der Waals surface area contributed by atoms with Crippen LogP contribution in [0.15, 0.2) is 48.8 Å². The van der Waals surface area contributed by atoms with Crippen molar-refractivity contribution in [1.82, 2.24) is 30.4 Å². The topological polar surface area (TPSA) is 72.6 Å². The van der Waals surface area contributed by atoms with Crippen LogP contribution in [0.3, 0.4) is 0 Å². The van der Waals surface area contributed by atoms with E-state index in [4.69, 9.17) is 4.98 Å². The predicted molar refractivity (Wildman–Crippen MR) is 128 cm³/mol. The lowest BCUT2D eigenvalue weighted by Gasteiger charge is -2.32. The van der Waals surface area contributed by atoms with Crippen molar-refractivity contribution in [3.05, 3.63) is 71.6 Å². The maximum Gasteiger partial charge on any atom is 0.159 e. The number of nitrogens with one attached hydrogen (secondary N) is 3. The minimum absolute atomic E-state index is 0.225. The predicted octanol–water partition coefficient (Wildman–Crippen LogP) is 5.25. The molecule has 0 unspecified atom stereocenters. The number of hydrogen-bond acceptors (Lipinski definition) is 4. The number of halogens is 1. The third-order valence-electron chi connectivity index (χ3n) is 6.96. The van der Waals surface area contributed by atoms with E-state index in [2.05, 4.69) is 38.9 Å². The number of H-pyrrole nitrogens is 2. The zero-order valence-electron chi connectivity index (χ0n) is 18.7. The summed E-state index contributed by atoms with van der Waals surface area (Å²) in [5.41, 5.74) is 6.88. The normalized spacial score (nSPS) is 15.6. The van der Waals surface area contributed by atoms with Gasteiger partial charge in [0.05, 0.1) is 35.8 Å². The van der Waals surface area contributed by atoms with Crippen molar-refractivity contribution >= 4 is 10.9 Å². The summed E-state index contributed by atoms with van der Waals surface area (Å²) in [6, 6.07) is 11.7. The molecule has 0 atom stereocenters. The number of benzene rings is 2. The average Bonchev–Trinajstić information content (AvgIpc) is 3.48. The van der Waals surface area contributed by atoms with Crippen LogP contribution in [0, 0.1) is 5.82 Å². The summed E-state index contributed by atoms with van der Waals surface area (Å²) in [6.45, 7) is 7.82. The van der Waals surface area contributed by atoms with Crippen LogP contribution < -0.4 is 5.32 Å². The first-order chi connectivity index (χ1) is 16.1. The van der Waals surface area contributed by atoms with Crippen molar-refractivity contribution in [2.75, 3.05) is 0 Å². The fourth-order valence-electron chi connectivity index (χ4n) is 4.81. The molecule has 0 amide bonds. The molecule has 7 heteroatoms. The van der Waals surface area contributed by atoms with E-state index in [0.29, 0.717) is 6.04 Å². The molecular formula is C26H27FN6. The van der Waals surface area contributed by atoms with Gasteiger partial charge in [-0.15, -0.1) is 0 Å². The van der Waals surface area contributed by atoms with Crippen LogP contribution in [0.4, 0.5) is 4.39 Å². The van der Waals surface area contributed by atoms with E-state index in [9.17, 15) is 4.39 Å². The number of fused-ring (bicyclic) bond motifs is 2.